The van der Waals surface area contributed by atoms with Crippen molar-refractivity contribution < 1.29 is 14.4 Å². The van der Waals surface area contributed by atoms with Crippen LogP contribution < -0.4 is 21.6 Å². The van der Waals surface area contributed by atoms with Crippen LogP contribution in [0.3, 0.4) is 0 Å². The molecule has 1 aromatic heterocycles. The lowest BCUT2D eigenvalue weighted by Crippen LogP contribution is -2.50. The lowest BCUT2D eigenvalue weighted by atomic mass is 10.3. The highest BCUT2D eigenvalue weighted by Crippen LogP contribution is 2.07. The van der Waals surface area contributed by atoms with Crippen LogP contribution in [0.15, 0.2) is 41.2 Å². The van der Waals surface area contributed by atoms with Gasteiger partial charge in [-0.3, -0.25) is 30.0 Å². The lowest BCUT2D eigenvalue weighted by molar-refractivity contribution is -0.139. The van der Waals surface area contributed by atoms with Gasteiger partial charge in [0.2, 0.25) is 5.43 Å². The van der Waals surface area contributed by atoms with Gasteiger partial charge in [-0.05, 0) is 32.9 Å². The van der Waals surface area contributed by atoms with Gasteiger partial charge in [0, 0.05) is 17.8 Å². The van der Waals surface area contributed by atoms with Crippen LogP contribution in [0.4, 0.5) is 0 Å². The summed E-state index contributed by atoms with van der Waals surface area (Å²) >= 11 is 0. The van der Waals surface area contributed by atoms with Gasteiger partial charge in [0.05, 0.1) is 5.69 Å². The van der Waals surface area contributed by atoms with E-state index in [1.165, 1.54) is 10.7 Å². The molecule has 0 spiro atoms. The number of hydrazine groups is 1. The zero-order valence-electron chi connectivity index (χ0n) is 14.6. The predicted octanol–water partition coefficient (Wildman–Crippen LogP) is -0.173. The summed E-state index contributed by atoms with van der Waals surface area (Å²) in [6.45, 7) is 5.05. The topological polar surface area (TPSA) is 122 Å². The van der Waals surface area contributed by atoms with E-state index < -0.39 is 28.8 Å². The van der Waals surface area contributed by atoms with Gasteiger partial charge in [0.25, 0.3) is 5.91 Å². The number of para-hydroxylation sites is 1. The van der Waals surface area contributed by atoms with Crippen molar-refractivity contribution in [2.45, 2.75) is 26.8 Å². The molecule has 0 aliphatic rings. The Morgan fingerprint density at radius 2 is 1.69 bits per heavy atom. The normalized spacial score (nSPS) is 10.3. The van der Waals surface area contributed by atoms with E-state index in [1.807, 2.05) is 16.9 Å². The number of amides is 3. The van der Waals surface area contributed by atoms with Crippen molar-refractivity contribution in [3.63, 3.8) is 0 Å². The molecule has 0 saturated carbocycles. The van der Waals surface area contributed by atoms with Crippen LogP contribution in [0.2, 0.25) is 0 Å². The summed E-state index contributed by atoms with van der Waals surface area (Å²) in [5.41, 5.74) is 4.15. The maximum Gasteiger partial charge on any atom is 0.327 e. The van der Waals surface area contributed by atoms with E-state index in [0.29, 0.717) is 11.4 Å². The lowest BCUT2D eigenvalue weighted by Gasteiger charge is -2.12. The van der Waals surface area contributed by atoms with E-state index in [4.69, 9.17) is 0 Å². The molecule has 136 valence electrons. The number of benzene rings is 1. The van der Waals surface area contributed by atoms with Crippen LogP contribution in [0.1, 0.15) is 30.0 Å². The molecule has 0 aliphatic carbocycles. The molecule has 0 aliphatic heterocycles. The molecule has 9 heteroatoms. The molecule has 2 aromatic rings. The number of aromatic nitrogens is 2. The zero-order valence-corrected chi connectivity index (χ0v) is 14.6. The SMILES string of the molecule is Cc1cc(=O)c(C(=O)NNC(=O)C(=O)NC(C)C)nn1-c1ccccc1. The summed E-state index contributed by atoms with van der Waals surface area (Å²) in [5, 5.41) is 6.43. The minimum atomic E-state index is -1.05. The summed E-state index contributed by atoms with van der Waals surface area (Å²) < 4.78 is 1.43. The van der Waals surface area contributed by atoms with Gasteiger partial charge >= 0.3 is 11.8 Å². The van der Waals surface area contributed by atoms with Gasteiger partial charge in [-0.1, -0.05) is 18.2 Å². The Morgan fingerprint density at radius 3 is 2.31 bits per heavy atom. The summed E-state index contributed by atoms with van der Waals surface area (Å²) in [4.78, 5) is 47.3. The zero-order chi connectivity index (χ0) is 19.3. The van der Waals surface area contributed by atoms with E-state index in [1.54, 1.807) is 45.0 Å². The smallest absolute Gasteiger partial charge is 0.327 e. The molecule has 9 nitrogen and oxygen atoms in total. The summed E-state index contributed by atoms with van der Waals surface area (Å²) in [5.74, 6) is -2.88. The number of hydrogen-bond donors (Lipinski definition) is 3. The monoisotopic (exact) mass is 357 g/mol. The van der Waals surface area contributed by atoms with E-state index in [9.17, 15) is 19.2 Å². The Labute approximate surface area is 149 Å². The maximum absolute atomic E-state index is 12.2. The van der Waals surface area contributed by atoms with E-state index in [2.05, 4.69) is 10.4 Å². The van der Waals surface area contributed by atoms with E-state index in [-0.39, 0.29) is 6.04 Å². The number of hydrogen-bond acceptors (Lipinski definition) is 5. The van der Waals surface area contributed by atoms with Crippen molar-refractivity contribution >= 4 is 17.7 Å². The van der Waals surface area contributed by atoms with Gasteiger partial charge in [-0.2, -0.15) is 5.10 Å². The Morgan fingerprint density at radius 1 is 1.04 bits per heavy atom. The Hall–Kier alpha value is -3.49. The van der Waals surface area contributed by atoms with E-state index >= 15 is 0 Å². The van der Waals surface area contributed by atoms with Crippen molar-refractivity contribution in [1.29, 1.82) is 0 Å². The Bertz CT molecular complexity index is 890. The molecular formula is C17H19N5O4. The third-order valence-corrected chi connectivity index (χ3v) is 3.24. The molecule has 3 N–H and O–H groups in total. The molecule has 2 rings (SSSR count). The molecule has 0 atom stereocenters. The summed E-state index contributed by atoms with van der Waals surface area (Å²) in [6.07, 6.45) is 0. The Kier molecular flexibility index (Phi) is 5.84. The van der Waals surface area contributed by atoms with Crippen molar-refractivity contribution in [1.82, 2.24) is 25.9 Å². The number of nitrogens with zero attached hydrogens (tertiary/aromatic N) is 2. The average Bonchev–Trinajstić information content (AvgIpc) is 2.59. The first-order valence-electron chi connectivity index (χ1n) is 7.87. The standard InChI is InChI=1S/C17H19N5O4/c1-10(2)18-16(25)17(26)20-19-15(24)14-13(23)9-11(3)22(21-14)12-7-5-4-6-8-12/h4-10H,1-3H3,(H,18,25)(H,19,24)(H,20,26). The highest BCUT2D eigenvalue weighted by atomic mass is 16.2. The first-order valence-corrected chi connectivity index (χ1v) is 7.87. The highest BCUT2D eigenvalue weighted by Gasteiger charge is 2.19. The molecule has 0 fully saturated rings. The highest BCUT2D eigenvalue weighted by molar-refractivity contribution is 6.35. The fraction of sp³-hybridized carbons (Fsp3) is 0.235. The number of aryl methyl sites for hydroxylation is 1. The predicted molar refractivity (Wildman–Crippen MR) is 93.5 cm³/mol. The number of rotatable bonds is 3. The third kappa shape index (κ3) is 4.53. The summed E-state index contributed by atoms with van der Waals surface area (Å²) in [6, 6.07) is 9.98. The van der Waals surface area contributed by atoms with Crippen molar-refractivity contribution in [3.05, 3.63) is 58.0 Å². The largest absolute Gasteiger partial charge is 0.346 e. The van der Waals surface area contributed by atoms with Gasteiger partial charge in [0.1, 0.15) is 0 Å². The number of carbonyl (C=O) groups excluding carboxylic acids is 3. The molecule has 0 radical (unpaired) electrons. The van der Waals surface area contributed by atoms with Crippen LogP contribution >= 0.6 is 0 Å². The molecule has 3 amide bonds. The third-order valence-electron chi connectivity index (χ3n) is 3.24. The van der Waals surface area contributed by atoms with Gasteiger partial charge in [-0.25, -0.2) is 4.68 Å². The van der Waals surface area contributed by atoms with Crippen LogP contribution in [0, 0.1) is 6.92 Å². The van der Waals surface area contributed by atoms with Gasteiger partial charge < -0.3 is 5.32 Å². The van der Waals surface area contributed by atoms with Crippen LogP contribution in [0.5, 0.6) is 0 Å². The second-order valence-corrected chi connectivity index (χ2v) is 5.78. The number of carbonyl (C=O) groups is 3. The van der Waals surface area contributed by atoms with E-state index in [0.717, 1.165) is 0 Å². The van der Waals surface area contributed by atoms with Crippen LogP contribution in [-0.2, 0) is 9.59 Å². The number of nitrogens with one attached hydrogen (secondary N) is 3. The van der Waals surface area contributed by atoms with Gasteiger partial charge in [-0.15, -0.1) is 0 Å². The summed E-state index contributed by atoms with van der Waals surface area (Å²) in [7, 11) is 0. The Balaban J connectivity index is 2.18. The fourth-order valence-corrected chi connectivity index (χ4v) is 2.09. The molecule has 26 heavy (non-hydrogen) atoms. The molecule has 0 bridgehead atoms. The van der Waals surface area contributed by atoms with Crippen LogP contribution in [0.25, 0.3) is 5.69 Å². The van der Waals surface area contributed by atoms with Crippen molar-refractivity contribution in [2.75, 3.05) is 0 Å². The molecule has 1 aromatic carbocycles. The quantitative estimate of drug-likeness (QED) is 0.520. The fourth-order valence-electron chi connectivity index (χ4n) is 2.09. The molecule has 0 saturated heterocycles. The first-order chi connectivity index (χ1) is 12.3. The van der Waals surface area contributed by atoms with Crippen LogP contribution in [-0.4, -0.2) is 33.5 Å². The minimum Gasteiger partial charge on any atom is -0.346 e. The first kappa shape index (κ1) is 18.8. The molecule has 0 unspecified atom stereocenters. The van der Waals surface area contributed by atoms with Gasteiger partial charge in [0.15, 0.2) is 5.69 Å². The van der Waals surface area contributed by atoms with Crippen molar-refractivity contribution in [3.8, 4) is 5.69 Å². The molecule has 1 heterocycles. The maximum atomic E-state index is 12.2. The van der Waals surface area contributed by atoms with Crippen molar-refractivity contribution in [2.24, 2.45) is 0 Å². The minimum absolute atomic E-state index is 0.235. The molecular weight excluding hydrogens is 338 g/mol. The average molecular weight is 357 g/mol. The second-order valence-electron chi connectivity index (χ2n) is 5.78. The second kappa shape index (κ2) is 8.06.